The molecule has 0 aliphatic carbocycles. The number of nitrogens with zero attached hydrogens (tertiary/aromatic N) is 1. The number of hydrogen-bond donors (Lipinski definition) is 0. The second-order valence-electron chi connectivity index (χ2n) is 6.55. The zero-order valence-electron chi connectivity index (χ0n) is 15.0. The first kappa shape index (κ1) is 21.3. The number of carbonyl (C=O) groups is 2. The van der Waals surface area contributed by atoms with Crippen LogP contribution in [0, 0.1) is 0 Å². The Hall–Kier alpha value is -1.03. The fraction of sp³-hybridized carbons (Fsp3) is 0.500. The van der Waals surface area contributed by atoms with Crippen molar-refractivity contribution in [2.75, 3.05) is 6.54 Å². The molecule has 0 saturated carbocycles. The summed E-state index contributed by atoms with van der Waals surface area (Å²) < 4.78 is 0. The van der Waals surface area contributed by atoms with Crippen molar-refractivity contribution in [2.24, 2.45) is 0 Å². The molecule has 2 amide bonds. The van der Waals surface area contributed by atoms with E-state index in [-0.39, 0.29) is 16.5 Å². The third-order valence-corrected chi connectivity index (χ3v) is 5.45. The zero-order chi connectivity index (χ0) is 19.1. The lowest BCUT2D eigenvalue weighted by Crippen LogP contribution is -2.32. The van der Waals surface area contributed by atoms with E-state index in [0.717, 1.165) is 19.3 Å². The number of amides is 2. The van der Waals surface area contributed by atoms with E-state index in [1.54, 1.807) is 12.1 Å². The molecule has 1 aromatic rings. The van der Waals surface area contributed by atoms with E-state index in [4.69, 9.17) is 34.8 Å². The molecule has 6 heteroatoms. The molecule has 1 aliphatic heterocycles. The van der Waals surface area contributed by atoms with E-state index < -0.39 is 5.91 Å². The van der Waals surface area contributed by atoms with Crippen LogP contribution in [0.4, 0.5) is 0 Å². The Morgan fingerprint density at radius 2 is 1.46 bits per heavy atom. The number of hydrogen-bond acceptors (Lipinski definition) is 2. The molecule has 0 fully saturated rings. The van der Waals surface area contributed by atoms with Gasteiger partial charge >= 0.3 is 0 Å². The molecular weight excluding hydrogens is 393 g/mol. The highest BCUT2D eigenvalue weighted by molar-refractivity contribution is 6.55. The number of rotatable bonds is 10. The van der Waals surface area contributed by atoms with Crippen LogP contribution >= 0.6 is 34.8 Å². The first-order valence-electron chi connectivity index (χ1n) is 9.18. The van der Waals surface area contributed by atoms with Crippen molar-refractivity contribution in [3.05, 3.63) is 38.8 Å². The summed E-state index contributed by atoms with van der Waals surface area (Å²) in [4.78, 5) is 26.3. The number of halogens is 3. The van der Waals surface area contributed by atoms with Crippen LogP contribution in [-0.2, 0) is 9.59 Å². The second-order valence-corrected chi connectivity index (χ2v) is 7.77. The fourth-order valence-electron chi connectivity index (χ4n) is 3.08. The van der Waals surface area contributed by atoms with Crippen LogP contribution in [0.1, 0.15) is 63.9 Å². The Morgan fingerprint density at radius 3 is 2.08 bits per heavy atom. The average Bonchev–Trinajstić information content (AvgIpc) is 2.81. The Bertz CT molecular complexity index is 700. The van der Waals surface area contributed by atoms with Gasteiger partial charge in [-0.25, -0.2) is 0 Å². The fourth-order valence-corrected chi connectivity index (χ4v) is 3.87. The predicted octanol–water partition coefficient (Wildman–Crippen LogP) is 6.45. The largest absolute Gasteiger partial charge is 0.274 e. The van der Waals surface area contributed by atoms with Gasteiger partial charge in [-0.15, -0.1) is 0 Å². The van der Waals surface area contributed by atoms with E-state index in [0.29, 0.717) is 22.2 Å². The van der Waals surface area contributed by atoms with Gasteiger partial charge in [-0.3, -0.25) is 14.5 Å². The summed E-state index contributed by atoms with van der Waals surface area (Å²) in [5.41, 5.74) is 0.607. The molecule has 1 heterocycles. The van der Waals surface area contributed by atoms with Gasteiger partial charge in [0, 0.05) is 17.1 Å². The van der Waals surface area contributed by atoms with Crippen LogP contribution in [-0.4, -0.2) is 23.3 Å². The highest BCUT2D eigenvalue weighted by Gasteiger charge is 2.38. The van der Waals surface area contributed by atoms with Crippen molar-refractivity contribution in [2.45, 2.75) is 58.3 Å². The monoisotopic (exact) mass is 415 g/mol. The molecule has 0 spiro atoms. The molecular formula is C20H24Cl3NO2. The van der Waals surface area contributed by atoms with Crippen LogP contribution in [0.25, 0.3) is 5.57 Å². The van der Waals surface area contributed by atoms with Gasteiger partial charge in [-0.05, 0) is 18.6 Å². The molecule has 1 aromatic carbocycles. The molecule has 1 aliphatic rings. The zero-order valence-corrected chi connectivity index (χ0v) is 17.3. The minimum atomic E-state index is -0.444. The maximum absolute atomic E-state index is 12.7. The highest BCUT2D eigenvalue weighted by Crippen LogP contribution is 2.36. The number of carbonyl (C=O) groups excluding carboxylic acids is 2. The topological polar surface area (TPSA) is 37.4 Å². The molecule has 0 aromatic heterocycles. The van der Waals surface area contributed by atoms with Gasteiger partial charge < -0.3 is 0 Å². The van der Waals surface area contributed by atoms with Gasteiger partial charge in [0.1, 0.15) is 5.03 Å². The third kappa shape index (κ3) is 5.25. The lowest BCUT2D eigenvalue weighted by atomic mass is 10.1. The first-order chi connectivity index (χ1) is 12.5. The van der Waals surface area contributed by atoms with Crippen molar-refractivity contribution in [3.8, 4) is 0 Å². The van der Waals surface area contributed by atoms with Crippen LogP contribution in [0.5, 0.6) is 0 Å². The molecule has 142 valence electrons. The highest BCUT2D eigenvalue weighted by atomic mass is 35.5. The number of imide groups is 1. The van der Waals surface area contributed by atoms with E-state index in [2.05, 4.69) is 6.92 Å². The maximum Gasteiger partial charge on any atom is 0.273 e. The second kappa shape index (κ2) is 10.3. The molecule has 0 saturated heterocycles. The van der Waals surface area contributed by atoms with Gasteiger partial charge in [0.15, 0.2) is 0 Å². The average molecular weight is 417 g/mol. The van der Waals surface area contributed by atoms with Gasteiger partial charge in [-0.2, -0.15) is 0 Å². The van der Waals surface area contributed by atoms with Gasteiger partial charge in [0.2, 0.25) is 0 Å². The smallest absolute Gasteiger partial charge is 0.273 e. The normalized spacial score (nSPS) is 14.7. The maximum atomic E-state index is 12.7. The lowest BCUT2D eigenvalue weighted by Gasteiger charge is -2.15. The molecule has 0 radical (unpaired) electrons. The summed E-state index contributed by atoms with van der Waals surface area (Å²) in [6.45, 7) is 2.59. The first-order valence-corrected chi connectivity index (χ1v) is 10.3. The Kier molecular flexibility index (Phi) is 8.46. The van der Waals surface area contributed by atoms with Gasteiger partial charge in [-0.1, -0.05) is 92.7 Å². The third-order valence-electron chi connectivity index (χ3n) is 4.55. The van der Waals surface area contributed by atoms with E-state index >= 15 is 0 Å². The summed E-state index contributed by atoms with van der Waals surface area (Å²) >= 11 is 18.2. The summed E-state index contributed by atoms with van der Waals surface area (Å²) in [5.74, 6) is -0.826. The number of unbranched alkanes of at least 4 members (excludes halogenated alkanes) is 7. The molecule has 0 atom stereocenters. The Labute approximate surface area is 170 Å². The summed E-state index contributed by atoms with van der Waals surface area (Å²) in [5, 5.41) is 0.697. The molecule has 2 rings (SSSR count). The summed E-state index contributed by atoms with van der Waals surface area (Å²) in [6.07, 6.45) is 9.18. The minimum Gasteiger partial charge on any atom is -0.274 e. The van der Waals surface area contributed by atoms with Crippen molar-refractivity contribution < 1.29 is 9.59 Å². The SMILES string of the molecule is CCCCCCCCCCN1C(=O)C(Cl)=C(c2ccc(Cl)cc2Cl)C1=O. The Morgan fingerprint density at radius 1 is 0.846 bits per heavy atom. The quantitative estimate of drug-likeness (QED) is 0.324. The van der Waals surface area contributed by atoms with Gasteiger partial charge in [0.05, 0.1) is 10.6 Å². The predicted molar refractivity (Wildman–Crippen MR) is 109 cm³/mol. The van der Waals surface area contributed by atoms with Crippen molar-refractivity contribution in [1.29, 1.82) is 0 Å². The lowest BCUT2D eigenvalue weighted by molar-refractivity contribution is -0.136. The summed E-state index contributed by atoms with van der Waals surface area (Å²) in [7, 11) is 0. The summed E-state index contributed by atoms with van der Waals surface area (Å²) in [6, 6.07) is 4.78. The van der Waals surface area contributed by atoms with Crippen LogP contribution in [0.15, 0.2) is 23.2 Å². The molecule has 0 N–H and O–H groups in total. The Balaban J connectivity index is 1.90. The molecule has 3 nitrogen and oxygen atoms in total. The molecule has 0 unspecified atom stereocenters. The van der Waals surface area contributed by atoms with E-state index in [1.165, 1.54) is 43.1 Å². The number of benzene rings is 1. The van der Waals surface area contributed by atoms with E-state index in [9.17, 15) is 9.59 Å². The molecule has 0 bridgehead atoms. The van der Waals surface area contributed by atoms with E-state index in [1.807, 2.05) is 0 Å². The van der Waals surface area contributed by atoms with Crippen LogP contribution < -0.4 is 0 Å². The molecule has 26 heavy (non-hydrogen) atoms. The van der Waals surface area contributed by atoms with Crippen molar-refractivity contribution >= 4 is 52.2 Å². The van der Waals surface area contributed by atoms with Crippen LogP contribution in [0.3, 0.4) is 0 Å². The standard InChI is InChI=1S/C20H24Cl3NO2/c1-2-3-4-5-6-7-8-9-12-24-19(25)17(18(23)20(24)26)15-11-10-14(21)13-16(15)22/h10-11,13H,2-9,12H2,1H3. The van der Waals surface area contributed by atoms with Gasteiger partial charge in [0.25, 0.3) is 11.8 Å². The van der Waals surface area contributed by atoms with Crippen molar-refractivity contribution in [1.82, 2.24) is 4.90 Å². The van der Waals surface area contributed by atoms with Crippen molar-refractivity contribution in [3.63, 3.8) is 0 Å². The minimum absolute atomic E-state index is 0.0706. The van der Waals surface area contributed by atoms with Crippen LogP contribution in [0.2, 0.25) is 10.0 Å².